The van der Waals surface area contributed by atoms with Gasteiger partial charge < -0.3 is 28.8 Å². The van der Waals surface area contributed by atoms with E-state index in [0.29, 0.717) is 0 Å². The molecular formula is C17H20O8. The Balaban J connectivity index is 1.84. The highest BCUT2D eigenvalue weighted by Crippen LogP contribution is 2.35. The third-order valence-electron chi connectivity index (χ3n) is 3.98. The molecule has 2 aliphatic heterocycles. The van der Waals surface area contributed by atoms with Gasteiger partial charge in [-0.05, 0) is 0 Å². The fourth-order valence-corrected chi connectivity index (χ4v) is 2.99. The summed E-state index contributed by atoms with van der Waals surface area (Å²) < 4.78 is 27.4. The van der Waals surface area contributed by atoms with Crippen molar-refractivity contribution in [1.29, 1.82) is 0 Å². The van der Waals surface area contributed by atoms with E-state index < -0.39 is 48.9 Å². The molecule has 0 radical (unpaired) electrons. The standard InChI is InChI=1S/C17H20O8/c1-9(18)22-14-13-12(24-16(20)15(14)23-10(2)19)8-21-17(25-13)11-6-4-3-5-7-11/h3-7,12-17,20H,8H2,1-2H3/t12-,13-,14+,15-,16-,17-/m1/s1. The molecule has 8 heteroatoms. The van der Waals surface area contributed by atoms with E-state index in [-0.39, 0.29) is 6.61 Å². The van der Waals surface area contributed by atoms with Crippen LogP contribution in [0.3, 0.4) is 0 Å². The SMILES string of the molecule is CC(=O)O[C@@H]1[C@@H](OC(C)=O)[C@H](O)O[C@@H]2CO[C@@H](c3ccccc3)O[C@@H]12. The Hall–Kier alpha value is -2.00. The molecule has 2 fully saturated rings. The van der Waals surface area contributed by atoms with Crippen molar-refractivity contribution in [2.45, 2.75) is 50.8 Å². The minimum absolute atomic E-state index is 0.131. The van der Waals surface area contributed by atoms with E-state index in [9.17, 15) is 14.7 Å². The summed E-state index contributed by atoms with van der Waals surface area (Å²) in [7, 11) is 0. The first-order valence-corrected chi connectivity index (χ1v) is 7.95. The van der Waals surface area contributed by atoms with Gasteiger partial charge in [-0.25, -0.2) is 0 Å². The van der Waals surface area contributed by atoms with Crippen molar-refractivity contribution < 1.29 is 38.4 Å². The van der Waals surface area contributed by atoms with Gasteiger partial charge in [0, 0.05) is 19.4 Å². The van der Waals surface area contributed by atoms with Crippen LogP contribution in [0.25, 0.3) is 0 Å². The van der Waals surface area contributed by atoms with Crippen LogP contribution < -0.4 is 0 Å². The number of fused-ring (bicyclic) bond motifs is 1. The summed E-state index contributed by atoms with van der Waals surface area (Å²) in [6, 6.07) is 9.25. The molecule has 0 saturated carbocycles. The zero-order chi connectivity index (χ0) is 18.0. The number of aliphatic hydroxyl groups is 1. The zero-order valence-electron chi connectivity index (χ0n) is 13.9. The van der Waals surface area contributed by atoms with Crippen molar-refractivity contribution in [1.82, 2.24) is 0 Å². The van der Waals surface area contributed by atoms with E-state index in [1.807, 2.05) is 30.3 Å². The Labute approximate surface area is 144 Å². The highest BCUT2D eigenvalue weighted by atomic mass is 16.7. The van der Waals surface area contributed by atoms with Crippen molar-refractivity contribution >= 4 is 11.9 Å². The maximum Gasteiger partial charge on any atom is 0.303 e. The maximum atomic E-state index is 11.5. The summed E-state index contributed by atoms with van der Waals surface area (Å²) in [6.45, 7) is 2.56. The highest BCUT2D eigenvalue weighted by Gasteiger charge is 2.52. The smallest absolute Gasteiger partial charge is 0.303 e. The zero-order valence-corrected chi connectivity index (χ0v) is 13.9. The molecule has 3 rings (SSSR count). The Bertz CT molecular complexity index is 618. The number of aliphatic hydroxyl groups excluding tert-OH is 1. The third kappa shape index (κ3) is 3.98. The average molecular weight is 352 g/mol. The van der Waals surface area contributed by atoms with Gasteiger partial charge >= 0.3 is 11.9 Å². The molecule has 2 heterocycles. The topological polar surface area (TPSA) is 101 Å². The summed E-state index contributed by atoms with van der Waals surface area (Å²) in [5, 5.41) is 10.1. The average Bonchev–Trinajstić information content (AvgIpc) is 2.58. The second-order valence-electron chi connectivity index (χ2n) is 5.89. The molecule has 0 spiro atoms. The van der Waals surface area contributed by atoms with Crippen LogP contribution >= 0.6 is 0 Å². The molecule has 0 aliphatic carbocycles. The number of hydrogen-bond donors (Lipinski definition) is 1. The molecule has 0 amide bonds. The van der Waals surface area contributed by atoms with Gasteiger partial charge in [0.15, 0.2) is 24.8 Å². The fraction of sp³-hybridized carbons (Fsp3) is 0.529. The van der Waals surface area contributed by atoms with Gasteiger partial charge in [-0.1, -0.05) is 30.3 Å². The van der Waals surface area contributed by atoms with Gasteiger partial charge in [-0.15, -0.1) is 0 Å². The Kier molecular flexibility index (Phi) is 5.33. The van der Waals surface area contributed by atoms with Crippen molar-refractivity contribution in [2.24, 2.45) is 0 Å². The lowest BCUT2D eigenvalue weighted by molar-refractivity contribution is -0.355. The highest BCUT2D eigenvalue weighted by molar-refractivity contribution is 5.67. The molecule has 136 valence electrons. The molecule has 6 atom stereocenters. The fourth-order valence-electron chi connectivity index (χ4n) is 2.99. The first kappa shape index (κ1) is 17.8. The van der Waals surface area contributed by atoms with E-state index in [2.05, 4.69) is 0 Å². The molecule has 2 aliphatic rings. The predicted molar refractivity (Wildman–Crippen MR) is 82.0 cm³/mol. The lowest BCUT2D eigenvalue weighted by Crippen LogP contribution is -2.63. The van der Waals surface area contributed by atoms with Crippen LogP contribution in [0.15, 0.2) is 30.3 Å². The minimum atomic E-state index is -1.45. The predicted octanol–water partition coefficient (Wildman–Crippen LogP) is 0.681. The quantitative estimate of drug-likeness (QED) is 0.793. The van der Waals surface area contributed by atoms with Crippen LogP contribution in [0, 0.1) is 0 Å². The van der Waals surface area contributed by atoms with E-state index in [0.717, 1.165) is 5.56 Å². The van der Waals surface area contributed by atoms with Gasteiger partial charge in [0.1, 0.15) is 12.2 Å². The van der Waals surface area contributed by atoms with Crippen LogP contribution in [-0.2, 0) is 33.3 Å². The van der Waals surface area contributed by atoms with E-state index in [4.69, 9.17) is 23.7 Å². The van der Waals surface area contributed by atoms with Gasteiger partial charge in [-0.2, -0.15) is 0 Å². The molecule has 1 N–H and O–H groups in total. The van der Waals surface area contributed by atoms with Crippen LogP contribution in [0.4, 0.5) is 0 Å². The number of carbonyl (C=O) groups excluding carboxylic acids is 2. The second-order valence-corrected chi connectivity index (χ2v) is 5.89. The second kappa shape index (κ2) is 7.49. The van der Waals surface area contributed by atoms with Crippen molar-refractivity contribution in [3.8, 4) is 0 Å². The first-order chi connectivity index (χ1) is 12.0. The van der Waals surface area contributed by atoms with Gasteiger partial charge in [0.25, 0.3) is 0 Å². The van der Waals surface area contributed by atoms with Gasteiger partial charge in [0.05, 0.1) is 6.61 Å². The lowest BCUT2D eigenvalue weighted by Gasteiger charge is -2.46. The number of benzene rings is 1. The Morgan fingerprint density at radius 3 is 2.32 bits per heavy atom. The summed E-state index contributed by atoms with van der Waals surface area (Å²) in [6.07, 6.45) is -5.74. The van der Waals surface area contributed by atoms with Crippen molar-refractivity contribution in [2.75, 3.05) is 6.61 Å². The largest absolute Gasteiger partial charge is 0.455 e. The Morgan fingerprint density at radius 1 is 1.04 bits per heavy atom. The van der Waals surface area contributed by atoms with E-state index >= 15 is 0 Å². The number of hydrogen-bond acceptors (Lipinski definition) is 8. The lowest BCUT2D eigenvalue weighted by atomic mass is 9.97. The van der Waals surface area contributed by atoms with Crippen LogP contribution in [-0.4, -0.2) is 54.4 Å². The first-order valence-electron chi connectivity index (χ1n) is 7.95. The van der Waals surface area contributed by atoms with E-state index in [1.165, 1.54) is 13.8 Å². The number of esters is 2. The number of ether oxygens (including phenoxy) is 5. The number of rotatable bonds is 3. The van der Waals surface area contributed by atoms with Crippen molar-refractivity contribution in [3.63, 3.8) is 0 Å². The van der Waals surface area contributed by atoms with Gasteiger partial charge in [-0.3, -0.25) is 9.59 Å². The Morgan fingerprint density at radius 2 is 1.68 bits per heavy atom. The minimum Gasteiger partial charge on any atom is -0.455 e. The molecule has 1 aromatic carbocycles. The van der Waals surface area contributed by atoms with Crippen LogP contribution in [0.2, 0.25) is 0 Å². The summed E-state index contributed by atoms with van der Waals surface area (Å²) in [4.78, 5) is 22.8. The molecule has 25 heavy (non-hydrogen) atoms. The molecule has 8 nitrogen and oxygen atoms in total. The van der Waals surface area contributed by atoms with Crippen molar-refractivity contribution in [3.05, 3.63) is 35.9 Å². The van der Waals surface area contributed by atoms with Crippen LogP contribution in [0.5, 0.6) is 0 Å². The summed E-state index contributed by atoms with van der Waals surface area (Å²) >= 11 is 0. The molecular weight excluding hydrogens is 332 g/mol. The molecule has 0 unspecified atom stereocenters. The monoisotopic (exact) mass is 352 g/mol. The normalized spacial score (nSPS) is 34.7. The maximum absolute atomic E-state index is 11.5. The summed E-state index contributed by atoms with van der Waals surface area (Å²) in [5.74, 6) is -1.21. The molecule has 0 bridgehead atoms. The summed E-state index contributed by atoms with van der Waals surface area (Å²) in [5.41, 5.74) is 0.790. The molecule has 1 aromatic rings. The molecule has 0 aromatic heterocycles. The van der Waals surface area contributed by atoms with Crippen LogP contribution in [0.1, 0.15) is 25.7 Å². The van der Waals surface area contributed by atoms with Gasteiger partial charge in [0.2, 0.25) is 0 Å². The van der Waals surface area contributed by atoms with E-state index in [1.54, 1.807) is 0 Å². The molecule has 2 saturated heterocycles. The number of carbonyl (C=O) groups is 2. The third-order valence-corrected chi connectivity index (χ3v) is 3.98.